The fourth-order valence-electron chi connectivity index (χ4n) is 4.10. The number of sulfonamides is 2. The summed E-state index contributed by atoms with van der Waals surface area (Å²) in [6.45, 7) is 0.556. The maximum atomic E-state index is 13.7. The lowest BCUT2D eigenvalue weighted by molar-refractivity contribution is -0.137. The Kier molecular flexibility index (Phi) is 7.75. The normalized spacial score (nSPS) is 15.2. The number of benzene rings is 3. The molecule has 1 fully saturated rings. The molecule has 198 valence electrons. The molecule has 0 amide bonds. The first kappa shape index (κ1) is 27.2. The summed E-state index contributed by atoms with van der Waals surface area (Å²) in [5.74, 6) is -0.489. The lowest BCUT2D eigenvalue weighted by Gasteiger charge is -2.17. The predicted molar refractivity (Wildman–Crippen MR) is 130 cm³/mol. The van der Waals surface area contributed by atoms with Gasteiger partial charge in [0.15, 0.2) is 0 Å². The smallest absolute Gasteiger partial charge is 0.211 e. The Morgan fingerprint density at radius 1 is 0.811 bits per heavy atom. The number of hydrogen-bond acceptors (Lipinski definition) is 4. The van der Waals surface area contributed by atoms with Gasteiger partial charge in [0.05, 0.1) is 15.4 Å². The van der Waals surface area contributed by atoms with Gasteiger partial charge < -0.3 is 0 Å². The van der Waals surface area contributed by atoms with Crippen LogP contribution in [0.1, 0.15) is 24.0 Å². The summed E-state index contributed by atoms with van der Waals surface area (Å²) < 4.78 is 110. The Labute approximate surface area is 213 Å². The fourth-order valence-corrected chi connectivity index (χ4v) is 6.77. The number of alkyl halides is 3. The molecular formula is C25H24F4N2O4S2. The van der Waals surface area contributed by atoms with Crippen molar-refractivity contribution in [2.45, 2.75) is 35.2 Å². The van der Waals surface area contributed by atoms with Crippen LogP contribution in [0.3, 0.4) is 0 Å². The van der Waals surface area contributed by atoms with Gasteiger partial charge in [-0.05, 0) is 78.4 Å². The van der Waals surface area contributed by atoms with Gasteiger partial charge in [0.25, 0.3) is 0 Å². The zero-order valence-corrected chi connectivity index (χ0v) is 21.1. The third kappa shape index (κ3) is 6.38. The molecule has 6 nitrogen and oxygen atoms in total. The molecule has 1 saturated heterocycles. The average molecular weight is 557 g/mol. The third-order valence-corrected chi connectivity index (χ3v) is 9.34. The molecule has 1 aliphatic heterocycles. The molecule has 4 rings (SSSR count). The van der Waals surface area contributed by atoms with Crippen molar-refractivity contribution in [3.8, 4) is 11.1 Å². The van der Waals surface area contributed by atoms with Gasteiger partial charge in [-0.2, -0.15) is 17.5 Å². The van der Waals surface area contributed by atoms with E-state index in [1.807, 2.05) is 0 Å². The SMILES string of the molecule is O=S(=O)(NCCc1cccc(F)c1)c1cc(-c2cccc(S(=O)(=O)N3CCCC3)c2)cc(C(F)(F)F)c1. The Bertz CT molecular complexity index is 1500. The fraction of sp³-hybridized carbons (Fsp3) is 0.280. The number of nitrogens with zero attached hydrogens (tertiary/aromatic N) is 1. The number of rotatable bonds is 8. The molecule has 0 aromatic heterocycles. The van der Waals surface area contributed by atoms with E-state index in [-0.39, 0.29) is 29.0 Å². The maximum Gasteiger partial charge on any atom is 0.416 e. The van der Waals surface area contributed by atoms with Crippen molar-refractivity contribution in [3.05, 3.63) is 83.7 Å². The molecule has 3 aromatic carbocycles. The Hall–Kier alpha value is -2.80. The highest BCUT2D eigenvalue weighted by Gasteiger charge is 2.33. The molecule has 1 heterocycles. The highest BCUT2D eigenvalue weighted by atomic mass is 32.2. The number of halogens is 4. The first-order chi connectivity index (χ1) is 17.4. The minimum absolute atomic E-state index is 0.0815. The Morgan fingerprint density at radius 3 is 2.16 bits per heavy atom. The molecule has 1 aliphatic rings. The second kappa shape index (κ2) is 10.5. The van der Waals surface area contributed by atoms with Crippen molar-refractivity contribution >= 4 is 20.0 Å². The molecule has 0 spiro atoms. The van der Waals surface area contributed by atoms with E-state index < -0.39 is 42.5 Å². The van der Waals surface area contributed by atoms with Crippen molar-refractivity contribution in [2.75, 3.05) is 19.6 Å². The first-order valence-corrected chi connectivity index (χ1v) is 14.4. The molecule has 1 N–H and O–H groups in total. The van der Waals surface area contributed by atoms with E-state index in [1.54, 1.807) is 6.07 Å². The second-order valence-corrected chi connectivity index (χ2v) is 12.4. The molecule has 37 heavy (non-hydrogen) atoms. The summed E-state index contributed by atoms with van der Waals surface area (Å²) in [7, 11) is -8.21. The standard InChI is InChI=1S/C25H24F4N2O4S2/c26-22-7-3-5-18(13-22)9-10-30-36(32,33)24-16-20(14-21(17-24)25(27,28)29)19-6-4-8-23(15-19)37(34,35)31-11-1-2-12-31/h3-8,13-17,30H,1-2,9-12H2. The van der Waals surface area contributed by atoms with Gasteiger partial charge in [0.1, 0.15) is 5.82 Å². The molecule has 0 aliphatic carbocycles. The first-order valence-electron chi connectivity index (χ1n) is 11.4. The summed E-state index contributed by atoms with van der Waals surface area (Å²) >= 11 is 0. The molecule has 12 heteroatoms. The minimum atomic E-state index is -4.85. The van der Waals surface area contributed by atoms with E-state index >= 15 is 0 Å². The summed E-state index contributed by atoms with van der Waals surface area (Å²) in [5.41, 5.74) is -0.645. The van der Waals surface area contributed by atoms with Crippen LogP contribution in [0.5, 0.6) is 0 Å². The van der Waals surface area contributed by atoms with E-state index in [2.05, 4.69) is 4.72 Å². The van der Waals surface area contributed by atoms with E-state index in [1.165, 1.54) is 46.8 Å². The van der Waals surface area contributed by atoms with Crippen LogP contribution in [0.15, 0.2) is 76.5 Å². The molecule has 0 atom stereocenters. The van der Waals surface area contributed by atoms with Crippen molar-refractivity contribution in [3.63, 3.8) is 0 Å². The van der Waals surface area contributed by atoms with Crippen LogP contribution in [0.25, 0.3) is 11.1 Å². The zero-order chi connectivity index (χ0) is 26.8. The summed E-state index contributed by atoms with van der Waals surface area (Å²) in [5, 5.41) is 0. The van der Waals surface area contributed by atoms with E-state index in [0.717, 1.165) is 25.0 Å². The molecule has 3 aromatic rings. The van der Waals surface area contributed by atoms with Gasteiger partial charge in [-0.15, -0.1) is 0 Å². The van der Waals surface area contributed by atoms with E-state index in [0.29, 0.717) is 24.7 Å². The molecular weight excluding hydrogens is 532 g/mol. The van der Waals surface area contributed by atoms with E-state index in [9.17, 15) is 34.4 Å². The Balaban J connectivity index is 1.67. The van der Waals surface area contributed by atoms with Crippen LogP contribution in [-0.2, 0) is 32.6 Å². The van der Waals surface area contributed by atoms with Crippen molar-refractivity contribution in [2.24, 2.45) is 0 Å². The van der Waals surface area contributed by atoms with Crippen LogP contribution in [-0.4, -0.2) is 40.8 Å². The number of nitrogens with one attached hydrogen (secondary N) is 1. The monoisotopic (exact) mass is 556 g/mol. The van der Waals surface area contributed by atoms with Gasteiger partial charge >= 0.3 is 6.18 Å². The van der Waals surface area contributed by atoms with Gasteiger partial charge in [0.2, 0.25) is 20.0 Å². The second-order valence-electron chi connectivity index (χ2n) is 8.66. The predicted octanol–water partition coefficient (Wildman–Crippen LogP) is 4.82. The average Bonchev–Trinajstić information content (AvgIpc) is 3.39. The topological polar surface area (TPSA) is 83.5 Å². The van der Waals surface area contributed by atoms with Crippen molar-refractivity contribution in [1.29, 1.82) is 0 Å². The van der Waals surface area contributed by atoms with Gasteiger partial charge in [-0.25, -0.2) is 25.9 Å². The highest BCUT2D eigenvalue weighted by Crippen LogP contribution is 2.35. The van der Waals surface area contributed by atoms with Crippen LogP contribution in [0.2, 0.25) is 0 Å². The van der Waals surface area contributed by atoms with Crippen LogP contribution in [0, 0.1) is 5.82 Å². The molecule has 0 radical (unpaired) electrons. The quantitative estimate of drug-likeness (QED) is 0.404. The largest absolute Gasteiger partial charge is 0.416 e. The Morgan fingerprint density at radius 2 is 1.49 bits per heavy atom. The zero-order valence-electron chi connectivity index (χ0n) is 19.5. The minimum Gasteiger partial charge on any atom is -0.211 e. The van der Waals surface area contributed by atoms with Crippen LogP contribution >= 0.6 is 0 Å². The molecule has 0 saturated carbocycles. The van der Waals surface area contributed by atoms with Crippen LogP contribution < -0.4 is 4.72 Å². The maximum absolute atomic E-state index is 13.7. The lowest BCUT2D eigenvalue weighted by atomic mass is 10.0. The summed E-state index contributed by atoms with van der Waals surface area (Å²) in [6, 6.07) is 13.4. The van der Waals surface area contributed by atoms with Crippen molar-refractivity contribution < 1.29 is 34.4 Å². The number of hydrogen-bond donors (Lipinski definition) is 1. The summed E-state index contributed by atoms with van der Waals surface area (Å²) in [6.07, 6.45) is -3.28. The third-order valence-electron chi connectivity index (χ3n) is 6.01. The molecule has 0 bridgehead atoms. The summed E-state index contributed by atoms with van der Waals surface area (Å²) in [4.78, 5) is -0.702. The lowest BCUT2D eigenvalue weighted by Crippen LogP contribution is -2.27. The van der Waals surface area contributed by atoms with Gasteiger partial charge in [-0.1, -0.05) is 24.3 Å². The molecule has 0 unspecified atom stereocenters. The van der Waals surface area contributed by atoms with Crippen molar-refractivity contribution in [1.82, 2.24) is 9.03 Å². The van der Waals surface area contributed by atoms with E-state index in [4.69, 9.17) is 0 Å². The van der Waals surface area contributed by atoms with Crippen LogP contribution in [0.4, 0.5) is 17.6 Å². The highest BCUT2D eigenvalue weighted by molar-refractivity contribution is 7.89. The van der Waals surface area contributed by atoms with Gasteiger partial charge in [0, 0.05) is 19.6 Å². The van der Waals surface area contributed by atoms with Gasteiger partial charge in [-0.3, -0.25) is 0 Å².